The van der Waals surface area contributed by atoms with Crippen LogP contribution < -0.4 is 9.64 Å². The van der Waals surface area contributed by atoms with Crippen LogP contribution in [-0.4, -0.2) is 126 Å². The zero-order valence-electron chi connectivity index (χ0n) is 35.3. The molecule has 1 saturated carbocycles. The topological polar surface area (TPSA) is 171 Å². The first-order valence-electron chi connectivity index (χ1n) is 21.3. The molecule has 2 unspecified atom stereocenters. The van der Waals surface area contributed by atoms with Crippen LogP contribution in [0.4, 0.5) is 5.69 Å². The highest BCUT2D eigenvalue weighted by atomic mass is 16.6. The van der Waals surface area contributed by atoms with Crippen LogP contribution in [0.3, 0.4) is 0 Å². The maximum Gasteiger partial charge on any atom is 0.344 e. The van der Waals surface area contributed by atoms with Crippen LogP contribution in [0.2, 0.25) is 0 Å². The van der Waals surface area contributed by atoms with Gasteiger partial charge in [-0.25, -0.2) is 4.79 Å². The zero-order chi connectivity index (χ0) is 42.6. The molecule has 6 heterocycles. The molecule has 1 aliphatic carbocycles. The summed E-state index contributed by atoms with van der Waals surface area (Å²) >= 11 is 0. The molecule has 14 nitrogen and oxygen atoms in total. The molecule has 9 rings (SSSR count). The van der Waals surface area contributed by atoms with Crippen molar-refractivity contribution in [2.45, 2.75) is 107 Å². The second kappa shape index (κ2) is 14.1. The molecule has 2 aromatic carbocycles. The fourth-order valence-electron chi connectivity index (χ4n) is 13.2. The lowest BCUT2D eigenvalue weighted by molar-refractivity contribution is -0.228. The van der Waals surface area contributed by atoms with Crippen molar-refractivity contribution in [2.24, 2.45) is 11.3 Å². The van der Waals surface area contributed by atoms with E-state index in [9.17, 15) is 29.4 Å². The Balaban J connectivity index is 1.37. The van der Waals surface area contributed by atoms with Gasteiger partial charge < -0.3 is 39.0 Å². The van der Waals surface area contributed by atoms with E-state index in [1.54, 1.807) is 6.07 Å². The molecule has 60 heavy (non-hydrogen) atoms. The number of H-pyrrole nitrogens is 1. The van der Waals surface area contributed by atoms with E-state index in [0.717, 1.165) is 16.5 Å². The van der Waals surface area contributed by atoms with Gasteiger partial charge in [-0.05, 0) is 67.8 Å². The smallest absolute Gasteiger partial charge is 0.344 e. The van der Waals surface area contributed by atoms with Gasteiger partial charge in [0, 0.05) is 85.9 Å². The van der Waals surface area contributed by atoms with Gasteiger partial charge in [-0.3, -0.25) is 24.2 Å². The Hall–Kier alpha value is -4.76. The molecule has 6 aliphatic rings. The SMILES string of the molecule is CC[C@]1(O)CC2CN(CCc3c([nH]c4ccccc34)[C@@](OC(C)=O)(c3cc4c(cc3OC)N(C=O)[C@H]3[C@@](O)(C(=O)OC)[C@H](OC(C)=O)[C@]5(CC)C=CCN6CC[C@]43[C@@H]65)C2)C1. The number of nitrogens with one attached hydrogen (secondary N) is 1. The molecule has 3 N–H and O–H groups in total. The highest BCUT2D eigenvalue weighted by Crippen LogP contribution is 2.68. The van der Waals surface area contributed by atoms with Gasteiger partial charge in [-0.1, -0.05) is 44.2 Å². The lowest BCUT2D eigenvalue weighted by Crippen LogP contribution is -2.81. The number of piperidine rings is 1. The first kappa shape index (κ1) is 40.6. The van der Waals surface area contributed by atoms with Gasteiger partial charge in [0.2, 0.25) is 12.0 Å². The van der Waals surface area contributed by atoms with Gasteiger partial charge in [0.05, 0.1) is 37.2 Å². The standard InChI is InChI=1S/C46H56N4O10/c1-7-42(55)22-29-23-45(60-28(4)53,37-31(14-18-48(24-29)25-42)30-12-9-10-13-34(30)47-37)33-20-32-35(21-36(33)57-5)50(26-51)39-44(32)16-19-49-17-11-15-43(8-2,38(44)49)40(59-27(3)52)46(39,56)41(54)58-6/h9-13,15,20-21,26,29,38-40,47,55-56H,7-8,14,16-19,22-25H2,1-6H3/t29?,38-,39+,40+,42-,43+,44+,45-,46-/m0/s1. The second-order valence-corrected chi connectivity index (χ2v) is 18.1. The number of aromatic amines is 1. The van der Waals surface area contributed by atoms with Crippen LogP contribution in [0.15, 0.2) is 48.6 Å². The lowest BCUT2D eigenvalue weighted by atomic mass is 9.47. The number of carbonyl (C=O) groups excluding carboxylic acids is 4. The molecule has 1 spiro atoms. The molecule has 1 amide bonds. The summed E-state index contributed by atoms with van der Waals surface area (Å²) in [5.41, 5.74) is -2.95. The molecule has 2 saturated heterocycles. The number of fused-ring (bicyclic) bond motifs is 6. The Morgan fingerprint density at radius 3 is 2.45 bits per heavy atom. The van der Waals surface area contributed by atoms with Crippen LogP contribution in [0, 0.1) is 11.3 Å². The van der Waals surface area contributed by atoms with Gasteiger partial charge in [-0.15, -0.1) is 0 Å². The normalized spacial score (nSPS) is 36.5. The van der Waals surface area contributed by atoms with Crippen LogP contribution in [-0.2, 0) is 50.8 Å². The van der Waals surface area contributed by atoms with E-state index in [4.69, 9.17) is 18.9 Å². The first-order valence-corrected chi connectivity index (χ1v) is 21.3. The Kier molecular flexibility index (Phi) is 9.58. The van der Waals surface area contributed by atoms with Gasteiger partial charge in [0.15, 0.2) is 11.7 Å². The molecule has 14 heteroatoms. The minimum atomic E-state index is -2.52. The maximum absolute atomic E-state index is 14.4. The van der Waals surface area contributed by atoms with Gasteiger partial charge in [0.25, 0.3) is 0 Å². The largest absolute Gasteiger partial charge is 0.496 e. The van der Waals surface area contributed by atoms with E-state index < -0.39 is 63.7 Å². The third-order valence-electron chi connectivity index (χ3n) is 15.2. The predicted octanol–water partition coefficient (Wildman–Crippen LogP) is 3.87. The molecule has 5 aliphatic heterocycles. The molecular weight excluding hydrogens is 769 g/mol. The summed E-state index contributed by atoms with van der Waals surface area (Å²) in [5, 5.41) is 26.3. The molecular formula is C46H56N4O10. The number of para-hydroxylation sites is 1. The first-order chi connectivity index (χ1) is 28.7. The number of nitrogens with zero attached hydrogens (tertiary/aromatic N) is 3. The average molecular weight is 825 g/mol. The van der Waals surface area contributed by atoms with Crippen LogP contribution in [0.1, 0.15) is 82.2 Å². The van der Waals surface area contributed by atoms with Crippen molar-refractivity contribution in [1.29, 1.82) is 0 Å². The monoisotopic (exact) mass is 824 g/mol. The number of rotatable bonds is 8. The van der Waals surface area contributed by atoms with E-state index in [1.807, 2.05) is 50.3 Å². The Labute approximate surface area is 349 Å². The van der Waals surface area contributed by atoms with Crippen molar-refractivity contribution < 1.29 is 48.3 Å². The number of esters is 3. The van der Waals surface area contributed by atoms with Crippen LogP contribution in [0.25, 0.3) is 10.9 Å². The summed E-state index contributed by atoms with van der Waals surface area (Å²) < 4.78 is 24.6. The van der Waals surface area contributed by atoms with Crippen molar-refractivity contribution in [1.82, 2.24) is 14.8 Å². The molecule has 320 valence electrons. The van der Waals surface area contributed by atoms with Gasteiger partial charge in [0.1, 0.15) is 5.75 Å². The quantitative estimate of drug-likeness (QED) is 0.130. The molecule has 3 fully saturated rings. The average Bonchev–Trinajstić information content (AvgIpc) is 3.90. The number of hydrogen-bond acceptors (Lipinski definition) is 12. The van der Waals surface area contributed by atoms with Crippen molar-refractivity contribution in [3.63, 3.8) is 0 Å². The fourth-order valence-corrected chi connectivity index (χ4v) is 13.2. The highest BCUT2D eigenvalue weighted by molar-refractivity contribution is 5.93. The number of anilines is 1. The minimum absolute atomic E-state index is 0.127. The lowest BCUT2D eigenvalue weighted by Gasteiger charge is -2.63. The van der Waals surface area contributed by atoms with Gasteiger partial charge >= 0.3 is 17.9 Å². The molecule has 0 radical (unpaired) electrons. The number of amides is 1. The minimum Gasteiger partial charge on any atom is -0.496 e. The number of aromatic nitrogens is 1. The fraction of sp³-hybridized carbons (Fsp3) is 0.565. The van der Waals surface area contributed by atoms with E-state index in [2.05, 4.69) is 20.9 Å². The third kappa shape index (κ3) is 5.39. The number of aliphatic hydroxyl groups is 2. The summed E-state index contributed by atoms with van der Waals surface area (Å²) in [7, 11) is 2.71. The molecule has 3 aromatic rings. The summed E-state index contributed by atoms with van der Waals surface area (Å²) in [6.07, 6.45) is 5.95. The second-order valence-electron chi connectivity index (χ2n) is 18.1. The van der Waals surface area contributed by atoms with Crippen LogP contribution >= 0.6 is 0 Å². The number of methoxy groups -OCH3 is 2. The van der Waals surface area contributed by atoms with Crippen molar-refractivity contribution in [3.05, 3.63) is 70.9 Å². The molecule has 2 bridgehead atoms. The van der Waals surface area contributed by atoms with E-state index in [1.165, 1.54) is 33.0 Å². The van der Waals surface area contributed by atoms with Crippen molar-refractivity contribution >= 4 is 40.9 Å². The number of ether oxygens (including phenoxy) is 4. The highest BCUT2D eigenvalue weighted by Gasteiger charge is 2.81. The van der Waals surface area contributed by atoms with Gasteiger partial charge in [-0.2, -0.15) is 0 Å². The summed E-state index contributed by atoms with van der Waals surface area (Å²) in [4.78, 5) is 64.6. The number of carbonyl (C=O) groups is 4. The maximum atomic E-state index is 14.4. The Bertz CT molecular complexity index is 2310. The Morgan fingerprint density at radius 2 is 1.77 bits per heavy atom. The van der Waals surface area contributed by atoms with E-state index in [-0.39, 0.29) is 5.92 Å². The summed E-state index contributed by atoms with van der Waals surface area (Å²) in [6, 6.07) is 10.1. The third-order valence-corrected chi connectivity index (χ3v) is 15.2. The van der Waals surface area contributed by atoms with Crippen LogP contribution in [0.5, 0.6) is 5.75 Å². The van der Waals surface area contributed by atoms with Crippen molar-refractivity contribution in [2.75, 3.05) is 51.8 Å². The van der Waals surface area contributed by atoms with E-state index in [0.29, 0.717) is 106 Å². The summed E-state index contributed by atoms with van der Waals surface area (Å²) in [6.45, 7) is 9.63. The van der Waals surface area contributed by atoms with E-state index >= 15 is 0 Å². The Morgan fingerprint density at radius 1 is 0.983 bits per heavy atom. The molecule has 10 atom stereocenters. The zero-order valence-corrected chi connectivity index (χ0v) is 35.3. The number of hydrogen-bond donors (Lipinski definition) is 3. The number of benzene rings is 2. The molecule has 1 aromatic heterocycles. The summed E-state index contributed by atoms with van der Waals surface area (Å²) in [5.74, 6) is -2.01. The van der Waals surface area contributed by atoms with Crippen molar-refractivity contribution in [3.8, 4) is 5.75 Å². The predicted molar refractivity (Wildman–Crippen MR) is 220 cm³/mol.